The topological polar surface area (TPSA) is 54.3 Å². The molecule has 2 amide bonds. The van der Waals surface area contributed by atoms with Gasteiger partial charge in [0, 0.05) is 29.2 Å². The van der Waals surface area contributed by atoms with Crippen molar-refractivity contribution in [2.45, 2.75) is 6.54 Å². The third-order valence-corrected chi connectivity index (χ3v) is 6.82. The zero-order valence-electron chi connectivity index (χ0n) is 19.5. The minimum atomic E-state index is -0.676. The van der Waals surface area contributed by atoms with Crippen molar-refractivity contribution < 1.29 is 14.0 Å². The molecule has 0 spiro atoms. The average molecular weight is 506 g/mol. The van der Waals surface area contributed by atoms with Crippen LogP contribution >= 0.6 is 12.2 Å². The van der Waals surface area contributed by atoms with Gasteiger partial charge in [-0.05, 0) is 52.8 Å². The summed E-state index contributed by atoms with van der Waals surface area (Å²) in [5.41, 5.74) is 2.69. The van der Waals surface area contributed by atoms with Gasteiger partial charge < -0.3 is 4.57 Å². The molecule has 0 saturated carbocycles. The van der Waals surface area contributed by atoms with Gasteiger partial charge in [-0.3, -0.25) is 14.9 Å². The molecule has 1 fully saturated rings. The lowest BCUT2D eigenvalue weighted by molar-refractivity contribution is -0.122. The molecule has 1 saturated heterocycles. The quantitative estimate of drug-likeness (QED) is 0.190. The standard InChI is InChI=1S/C30H20FN3O2S/c31-25-13-4-6-15-27(25)34-29(36)24(28(35)32-30(34)37)16-21-18-33(26-14-5-3-12-23(21)26)17-20-10-7-9-19-8-1-2-11-22(19)20/h1-16,18H,17H2,(H,32,35,37)/b24-16+. The number of rotatable bonds is 4. The summed E-state index contributed by atoms with van der Waals surface area (Å²) in [6.45, 7) is 0.608. The number of anilines is 1. The van der Waals surface area contributed by atoms with E-state index in [2.05, 4.69) is 34.1 Å². The summed E-state index contributed by atoms with van der Waals surface area (Å²) < 4.78 is 16.6. The van der Waals surface area contributed by atoms with Crippen molar-refractivity contribution in [3.63, 3.8) is 0 Å². The Labute approximate surface area is 217 Å². The molecule has 180 valence electrons. The molecule has 0 aliphatic carbocycles. The Bertz CT molecular complexity index is 1770. The van der Waals surface area contributed by atoms with Crippen LogP contribution in [-0.4, -0.2) is 21.5 Å². The molecular weight excluding hydrogens is 485 g/mol. The van der Waals surface area contributed by atoms with Crippen molar-refractivity contribution in [3.8, 4) is 0 Å². The first-order chi connectivity index (χ1) is 18.0. The van der Waals surface area contributed by atoms with Gasteiger partial charge >= 0.3 is 0 Å². The van der Waals surface area contributed by atoms with Crippen LogP contribution in [0.4, 0.5) is 10.1 Å². The summed E-state index contributed by atoms with van der Waals surface area (Å²) in [6, 6.07) is 28.1. The minimum Gasteiger partial charge on any atom is -0.342 e. The fourth-order valence-electron chi connectivity index (χ4n) is 4.80. The Hall–Kier alpha value is -4.62. The number of carbonyl (C=O) groups excluding carboxylic acids is 2. The number of amides is 2. The molecule has 1 aliphatic rings. The molecule has 7 heteroatoms. The highest BCUT2D eigenvalue weighted by Crippen LogP contribution is 2.29. The van der Waals surface area contributed by atoms with Crippen LogP contribution in [0.3, 0.4) is 0 Å². The SMILES string of the molecule is O=C1NC(=S)N(c2ccccc2F)C(=O)/C1=C/c1cn(Cc2cccc3ccccc23)c2ccccc12. The zero-order chi connectivity index (χ0) is 25.5. The van der Waals surface area contributed by atoms with Gasteiger partial charge in [0.25, 0.3) is 11.8 Å². The lowest BCUT2D eigenvalue weighted by Crippen LogP contribution is -2.54. The summed E-state index contributed by atoms with van der Waals surface area (Å²) in [6.07, 6.45) is 3.48. The minimum absolute atomic E-state index is 0.0122. The van der Waals surface area contributed by atoms with E-state index < -0.39 is 17.6 Å². The summed E-state index contributed by atoms with van der Waals surface area (Å²) in [4.78, 5) is 27.3. The highest BCUT2D eigenvalue weighted by Gasteiger charge is 2.35. The third-order valence-electron chi connectivity index (χ3n) is 6.53. The van der Waals surface area contributed by atoms with Crippen LogP contribution in [0.2, 0.25) is 0 Å². The normalized spacial score (nSPS) is 15.1. The van der Waals surface area contributed by atoms with Crippen molar-refractivity contribution in [3.05, 3.63) is 120 Å². The molecule has 1 aromatic heterocycles. The fourth-order valence-corrected chi connectivity index (χ4v) is 5.07. The van der Waals surface area contributed by atoms with Crippen molar-refractivity contribution in [2.24, 2.45) is 0 Å². The first-order valence-corrected chi connectivity index (χ1v) is 12.1. The molecule has 2 heterocycles. The highest BCUT2D eigenvalue weighted by molar-refractivity contribution is 7.80. The summed E-state index contributed by atoms with van der Waals surface area (Å²) in [5.74, 6) is -1.90. The smallest absolute Gasteiger partial charge is 0.270 e. The Kier molecular flexibility index (Phi) is 5.62. The summed E-state index contributed by atoms with van der Waals surface area (Å²) in [5, 5.41) is 5.58. The van der Waals surface area contributed by atoms with Crippen molar-refractivity contribution in [2.75, 3.05) is 4.90 Å². The molecule has 5 nitrogen and oxygen atoms in total. The second kappa shape index (κ2) is 9.11. The number of nitrogens with one attached hydrogen (secondary N) is 1. The number of carbonyl (C=O) groups is 2. The Morgan fingerprint density at radius 3 is 2.38 bits per heavy atom. The van der Waals surface area contributed by atoms with Gasteiger partial charge in [-0.2, -0.15) is 0 Å². The van der Waals surface area contributed by atoms with Crippen LogP contribution in [0, 0.1) is 5.82 Å². The van der Waals surface area contributed by atoms with E-state index in [9.17, 15) is 14.0 Å². The number of fused-ring (bicyclic) bond motifs is 2. The van der Waals surface area contributed by atoms with Crippen LogP contribution in [-0.2, 0) is 16.1 Å². The van der Waals surface area contributed by atoms with Crippen LogP contribution in [0.1, 0.15) is 11.1 Å². The maximum atomic E-state index is 14.5. The van der Waals surface area contributed by atoms with Crippen molar-refractivity contribution >= 4 is 62.6 Å². The fraction of sp³-hybridized carbons (Fsp3) is 0.0333. The molecule has 0 atom stereocenters. The summed E-state index contributed by atoms with van der Waals surface area (Å²) >= 11 is 5.21. The molecule has 5 aromatic rings. The lowest BCUT2D eigenvalue weighted by atomic mass is 10.0. The average Bonchev–Trinajstić information content (AvgIpc) is 3.25. The zero-order valence-corrected chi connectivity index (χ0v) is 20.3. The van der Waals surface area contributed by atoms with E-state index in [4.69, 9.17) is 12.2 Å². The molecule has 0 unspecified atom stereocenters. The summed E-state index contributed by atoms with van der Waals surface area (Å²) in [7, 11) is 0. The van der Waals surface area contributed by atoms with Crippen molar-refractivity contribution in [1.82, 2.24) is 9.88 Å². The van der Waals surface area contributed by atoms with Gasteiger partial charge in [0.1, 0.15) is 11.4 Å². The van der Waals surface area contributed by atoms with E-state index in [1.165, 1.54) is 23.6 Å². The van der Waals surface area contributed by atoms with E-state index in [0.717, 1.165) is 26.8 Å². The Balaban J connectivity index is 1.44. The number of benzene rings is 4. The number of nitrogens with zero attached hydrogens (tertiary/aromatic N) is 2. The van der Waals surface area contributed by atoms with Gasteiger partial charge in [-0.15, -0.1) is 0 Å². The Morgan fingerprint density at radius 1 is 0.838 bits per heavy atom. The van der Waals surface area contributed by atoms with Crippen LogP contribution in [0.5, 0.6) is 0 Å². The van der Waals surface area contributed by atoms with E-state index in [-0.39, 0.29) is 16.4 Å². The first kappa shape index (κ1) is 22.8. The van der Waals surface area contributed by atoms with Crippen LogP contribution in [0.25, 0.3) is 27.8 Å². The van der Waals surface area contributed by atoms with Gasteiger partial charge in [-0.1, -0.05) is 72.8 Å². The Morgan fingerprint density at radius 2 is 1.54 bits per heavy atom. The molecular formula is C30H20FN3O2S. The van der Waals surface area contributed by atoms with E-state index in [1.807, 2.05) is 48.7 Å². The lowest BCUT2D eigenvalue weighted by Gasteiger charge is -2.29. The molecule has 37 heavy (non-hydrogen) atoms. The van der Waals surface area contributed by atoms with Gasteiger partial charge in [-0.25, -0.2) is 9.29 Å². The molecule has 0 radical (unpaired) electrons. The maximum absolute atomic E-state index is 14.5. The number of aromatic nitrogens is 1. The van der Waals surface area contributed by atoms with Gasteiger partial charge in [0.15, 0.2) is 5.11 Å². The van der Waals surface area contributed by atoms with E-state index in [1.54, 1.807) is 12.1 Å². The third kappa shape index (κ3) is 3.99. The monoisotopic (exact) mass is 505 g/mol. The maximum Gasteiger partial charge on any atom is 0.270 e. The van der Waals surface area contributed by atoms with E-state index in [0.29, 0.717) is 12.1 Å². The second-order valence-electron chi connectivity index (χ2n) is 8.78. The highest BCUT2D eigenvalue weighted by atomic mass is 32.1. The number of hydrogen-bond acceptors (Lipinski definition) is 3. The van der Waals surface area contributed by atoms with Gasteiger partial charge in [0.2, 0.25) is 0 Å². The van der Waals surface area contributed by atoms with Gasteiger partial charge in [0.05, 0.1) is 5.69 Å². The number of halogens is 1. The number of hydrogen-bond donors (Lipinski definition) is 1. The molecule has 4 aromatic carbocycles. The second-order valence-corrected chi connectivity index (χ2v) is 9.16. The van der Waals surface area contributed by atoms with Crippen molar-refractivity contribution in [1.29, 1.82) is 0 Å². The molecule has 0 bridgehead atoms. The predicted molar refractivity (Wildman–Crippen MR) is 148 cm³/mol. The first-order valence-electron chi connectivity index (χ1n) is 11.7. The predicted octanol–water partition coefficient (Wildman–Crippen LogP) is 5.81. The number of thiocarbonyl (C=S) groups is 1. The van der Waals surface area contributed by atoms with E-state index >= 15 is 0 Å². The number of para-hydroxylation sites is 2. The molecule has 1 N–H and O–H groups in total. The van der Waals surface area contributed by atoms with Crippen LogP contribution in [0.15, 0.2) is 103 Å². The molecule has 6 rings (SSSR count). The van der Waals surface area contributed by atoms with Crippen LogP contribution < -0.4 is 10.2 Å². The largest absolute Gasteiger partial charge is 0.342 e. The molecule has 1 aliphatic heterocycles.